The molecule has 3 nitrogen and oxygen atoms in total. The molecule has 0 bridgehead atoms. The van der Waals surface area contributed by atoms with Crippen molar-refractivity contribution >= 4 is 10.0 Å². The maximum atomic E-state index is 11.8. The first-order valence-corrected chi connectivity index (χ1v) is 4.51. The summed E-state index contributed by atoms with van der Waals surface area (Å²) in [5.41, 5.74) is -5.18. The lowest BCUT2D eigenvalue weighted by molar-refractivity contribution is -0.0482. The van der Waals surface area contributed by atoms with Crippen molar-refractivity contribution in [3.63, 3.8) is 0 Å². The van der Waals surface area contributed by atoms with Crippen LogP contribution in [0.3, 0.4) is 0 Å². The maximum absolute atomic E-state index is 11.8. The summed E-state index contributed by atoms with van der Waals surface area (Å²) in [7, 11) is -5.11. The highest BCUT2D eigenvalue weighted by Gasteiger charge is 2.49. The third-order valence-electron chi connectivity index (χ3n) is 1.42. The average Bonchev–Trinajstić information content (AvgIpc) is 2.34. The fourth-order valence-electron chi connectivity index (χ4n) is 0.801. The third-order valence-corrected chi connectivity index (χ3v) is 2.98. The van der Waals surface area contributed by atoms with Crippen molar-refractivity contribution in [3.05, 3.63) is 12.2 Å². The van der Waals surface area contributed by atoms with Crippen molar-refractivity contribution in [1.29, 1.82) is 0 Å². The summed E-state index contributed by atoms with van der Waals surface area (Å²) < 4.78 is 57.1. The van der Waals surface area contributed by atoms with Gasteiger partial charge in [-0.1, -0.05) is 12.2 Å². The molecule has 0 unspecified atom stereocenters. The maximum Gasteiger partial charge on any atom is 0.511 e. The molecule has 70 valence electrons. The molecule has 0 N–H and O–H groups in total. The molecule has 1 aliphatic heterocycles. The molecule has 1 aliphatic rings. The minimum Gasteiger partial charge on any atom is -0.203 e. The lowest BCUT2D eigenvalue weighted by Gasteiger charge is -2.16. The monoisotopic (exact) mass is 201 g/mol. The van der Waals surface area contributed by atoms with Gasteiger partial charge in [0.1, 0.15) is 0 Å². The third kappa shape index (κ3) is 1.46. The topological polar surface area (TPSA) is 37.4 Å². The van der Waals surface area contributed by atoms with E-state index in [1.165, 1.54) is 12.2 Å². The Labute approximate surface area is 67.5 Å². The first-order chi connectivity index (χ1) is 5.36. The minimum atomic E-state index is -5.18. The Morgan fingerprint density at radius 1 is 1.17 bits per heavy atom. The molecule has 0 atom stereocenters. The van der Waals surface area contributed by atoms with Gasteiger partial charge < -0.3 is 0 Å². The van der Waals surface area contributed by atoms with E-state index in [0.717, 1.165) is 0 Å². The second-order valence-electron chi connectivity index (χ2n) is 2.24. The van der Waals surface area contributed by atoms with Crippen LogP contribution in [0.2, 0.25) is 0 Å². The summed E-state index contributed by atoms with van der Waals surface area (Å²) in [5.74, 6) is 0. The molecule has 0 aromatic rings. The van der Waals surface area contributed by atoms with Crippen LogP contribution >= 0.6 is 0 Å². The molecular weight excluding hydrogens is 195 g/mol. The van der Waals surface area contributed by atoms with E-state index in [1.54, 1.807) is 0 Å². The summed E-state index contributed by atoms with van der Waals surface area (Å²) in [4.78, 5) is 0. The van der Waals surface area contributed by atoms with Crippen LogP contribution in [-0.2, 0) is 10.0 Å². The predicted octanol–water partition coefficient (Wildman–Crippen LogP) is 0.708. The molecular formula is C5H6F3NO2S. The van der Waals surface area contributed by atoms with Crippen LogP contribution < -0.4 is 0 Å². The van der Waals surface area contributed by atoms with E-state index in [2.05, 4.69) is 0 Å². The zero-order valence-electron chi connectivity index (χ0n) is 5.87. The van der Waals surface area contributed by atoms with Gasteiger partial charge in [-0.2, -0.15) is 17.5 Å². The highest BCUT2D eigenvalue weighted by Crippen LogP contribution is 2.27. The Hall–Kier alpha value is -0.560. The second-order valence-corrected chi connectivity index (χ2v) is 4.17. The Balaban J connectivity index is 2.87. The summed E-state index contributed by atoms with van der Waals surface area (Å²) in [6.45, 7) is -0.385. The van der Waals surface area contributed by atoms with Gasteiger partial charge in [0.05, 0.1) is 0 Å². The van der Waals surface area contributed by atoms with Crippen molar-refractivity contribution in [1.82, 2.24) is 4.31 Å². The van der Waals surface area contributed by atoms with Crippen LogP contribution in [0.15, 0.2) is 12.2 Å². The van der Waals surface area contributed by atoms with Gasteiger partial charge >= 0.3 is 15.5 Å². The van der Waals surface area contributed by atoms with Gasteiger partial charge in [0, 0.05) is 13.1 Å². The number of rotatable bonds is 1. The molecule has 0 saturated carbocycles. The van der Waals surface area contributed by atoms with E-state index >= 15 is 0 Å². The highest BCUT2D eigenvalue weighted by molar-refractivity contribution is 7.90. The lowest BCUT2D eigenvalue weighted by atomic mass is 10.6. The zero-order valence-corrected chi connectivity index (χ0v) is 6.69. The number of halogens is 3. The van der Waals surface area contributed by atoms with Crippen molar-refractivity contribution in [3.8, 4) is 0 Å². The lowest BCUT2D eigenvalue weighted by Crippen LogP contribution is -2.39. The zero-order chi connectivity index (χ0) is 9.41. The van der Waals surface area contributed by atoms with E-state index in [1.807, 2.05) is 0 Å². The van der Waals surface area contributed by atoms with Crippen molar-refractivity contribution in [2.24, 2.45) is 0 Å². The first kappa shape index (κ1) is 9.53. The molecule has 0 aromatic heterocycles. The number of alkyl halides is 3. The van der Waals surface area contributed by atoms with Crippen LogP contribution in [0.25, 0.3) is 0 Å². The van der Waals surface area contributed by atoms with E-state index < -0.39 is 15.5 Å². The normalized spacial score (nSPS) is 20.2. The Morgan fingerprint density at radius 3 is 1.92 bits per heavy atom. The van der Waals surface area contributed by atoms with E-state index in [9.17, 15) is 21.6 Å². The van der Waals surface area contributed by atoms with E-state index in [4.69, 9.17) is 0 Å². The first-order valence-electron chi connectivity index (χ1n) is 3.07. The molecule has 12 heavy (non-hydrogen) atoms. The molecule has 0 aliphatic carbocycles. The fraction of sp³-hybridized carbons (Fsp3) is 0.600. The molecule has 0 aromatic carbocycles. The largest absolute Gasteiger partial charge is 0.511 e. The van der Waals surface area contributed by atoms with Gasteiger partial charge in [-0.25, -0.2) is 8.42 Å². The minimum absolute atomic E-state index is 0.193. The molecule has 0 fully saturated rings. The Kier molecular flexibility index (Phi) is 2.17. The summed E-state index contributed by atoms with van der Waals surface area (Å²) in [6.07, 6.45) is 2.76. The van der Waals surface area contributed by atoms with Gasteiger partial charge in [-0.15, -0.1) is 0 Å². The van der Waals surface area contributed by atoms with Crippen LogP contribution in [-0.4, -0.2) is 31.3 Å². The number of sulfonamides is 1. The van der Waals surface area contributed by atoms with Crippen LogP contribution in [0, 0.1) is 0 Å². The van der Waals surface area contributed by atoms with Crippen molar-refractivity contribution < 1.29 is 21.6 Å². The Bertz CT molecular complexity index is 284. The van der Waals surface area contributed by atoms with Crippen molar-refractivity contribution in [2.45, 2.75) is 5.51 Å². The average molecular weight is 201 g/mol. The SMILES string of the molecule is O=S(=O)(N1CC=CC1)C(F)(F)F. The van der Waals surface area contributed by atoms with Crippen molar-refractivity contribution in [2.75, 3.05) is 13.1 Å². The summed E-state index contributed by atoms with van der Waals surface area (Å²) >= 11 is 0. The molecule has 7 heteroatoms. The number of hydrogen-bond donors (Lipinski definition) is 0. The number of hydrogen-bond acceptors (Lipinski definition) is 2. The Morgan fingerprint density at radius 2 is 1.58 bits per heavy atom. The number of nitrogens with zero attached hydrogens (tertiary/aromatic N) is 1. The molecule has 0 amide bonds. The fourth-order valence-corrected chi connectivity index (χ4v) is 1.66. The van der Waals surface area contributed by atoms with Gasteiger partial charge in [-0.05, 0) is 0 Å². The van der Waals surface area contributed by atoms with Crippen LogP contribution in [0.1, 0.15) is 0 Å². The van der Waals surface area contributed by atoms with Gasteiger partial charge in [0.15, 0.2) is 0 Å². The van der Waals surface area contributed by atoms with E-state index in [-0.39, 0.29) is 13.1 Å². The molecule has 1 heterocycles. The van der Waals surface area contributed by atoms with Gasteiger partial charge in [-0.3, -0.25) is 0 Å². The van der Waals surface area contributed by atoms with E-state index in [0.29, 0.717) is 4.31 Å². The second kappa shape index (κ2) is 2.74. The summed E-state index contributed by atoms with van der Waals surface area (Å²) in [6, 6.07) is 0. The molecule has 1 rings (SSSR count). The smallest absolute Gasteiger partial charge is 0.203 e. The van der Waals surface area contributed by atoms with Crippen LogP contribution in [0.5, 0.6) is 0 Å². The molecule has 0 radical (unpaired) electrons. The molecule has 0 spiro atoms. The summed E-state index contributed by atoms with van der Waals surface area (Å²) in [5, 5.41) is 0. The van der Waals surface area contributed by atoms with Crippen LogP contribution in [0.4, 0.5) is 13.2 Å². The standard InChI is InChI=1S/C5H6F3NO2S/c6-5(7,8)12(10,11)9-3-1-2-4-9/h1-2H,3-4H2. The van der Waals surface area contributed by atoms with Gasteiger partial charge in [0.2, 0.25) is 0 Å². The highest BCUT2D eigenvalue weighted by atomic mass is 32.2. The molecule has 0 saturated heterocycles. The van der Waals surface area contributed by atoms with Gasteiger partial charge in [0.25, 0.3) is 0 Å². The quantitative estimate of drug-likeness (QED) is 0.586. The predicted molar refractivity (Wildman–Crippen MR) is 35.7 cm³/mol.